The van der Waals surface area contributed by atoms with Crippen LogP contribution in [0.3, 0.4) is 0 Å². The number of halogens is 1. The van der Waals surface area contributed by atoms with E-state index in [4.69, 9.17) is 4.74 Å². The summed E-state index contributed by atoms with van der Waals surface area (Å²) in [6.07, 6.45) is 1.53. The lowest BCUT2D eigenvalue weighted by atomic mass is 10.2. The first-order valence-electron chi connectivity index (χ1n) is 9.05. The highest BCUT2D eigenvalue weighted by molar-refractivity contribution is 9.10. The lowest BCUT2D eigenvalue weighted by Gasteiger charge is -2.25. The SMILES string of the molecule is O=C(CN1CCOCC1)Nc1ccc2ncnc(Nc3cccc(Br)c3)c2c1. The van der Waals surface area contributed by atoms with Gasteiger partial charge in [-0.05, 0) is 36.4 Å². The number of ether oxygens (including phenoxy) is 1. The molecule has 2 aromatic carbocycles. The van der Waals surface area contributed by atoms with Gasteiger partial charge in [0, 0.05) is 34.3 Å². The van der Waals surface area contributed by atoms with E-state index in [1.54, 1.807) is 0 Å². The predicted octanol–water partition coefficient (Wildman–Crippen LogP) is 3.41. The van der Waals surface area contributed by atoms with E-state index in [0.717, 1.165) is 39.8 Å². The number of carbonyl (C=O) groups excluding carboxylic acids is 1. The molecule has 0 bridgehead atoms. The van der Waals surface area contributed by atoms with Crippen LogP contribution in [0.1, 0.15) is 0 Å². The molecular formula is C20H20BrN5O2. The number of fused-ring (bicyclic) bond motifs is 1. The molecule has 1 saturated heterocycles. The molecule has 7 nitrogen and oxygen atoms in total. The van der Waals surface area contributed by atoms with Gasteiger partial charge in [0.05, 0.1) is 25.3 Å². The third-order valence-corrected chi connectivity index (χ3v) is 4.97. The van der Waals surface area contributed by atoms with Gasteiger partial charge in [-0.25, -0.2) is 9.97 Å². The lowest BCUT2D eigenvalue weighted by Crippen LogP contribution is -2.41. The van der Waals surface area contributed by atoms with Gasteiger partial charge in [0.1, 0.15) is 12.1 Å². The van der Waals surface area contributed by atoms with E-state index in [9.17, 15) is 4.79 Å². The number of benzene rings is 2. The van der Waals surface area contributed by atoms with E-state index in [2.05, 4.69) is 41.4 Å². The Morgan fingerprint density at radius 2 is 1.96 bits per heavy atom. The van der Waals surface area contributed by atoms with Crippen LogP contribution < -0.4 is 10.6 Å². The Morgan fingerprint density at radius 1 is 1.11 bits per heavy atom. The summed E-state index contributed by atoms with van der Waals surface area (Å²) >= 11 is 3.47. The van der Waals surface area contributed by atoms with E-state index < -0.39 is 0 Å². The molecule has 4 rings (SSSR count). The van der Waals surface area contributed by atoms with Crippen molar-refractivity contribution < 1.29 is 9.53 Å². The predicted molar refractivity (Wildman–Crippen MR) is 113 cm³/mol. The van der Waals surface area contributed by atoms with E-state index in [0.29, 0.717) is 25.6 Å². The molecule has 0 aliphatic carbocycles. The first-order valence-corrected chi connectivity index (χ1v) is 9.84. The zero-order chi connectivity index (χ0) is 19.3. The Morgan fingerprint density at radius 3 is 2.79 bits per heavy atom. The van der Waals surface area contributed by atoms with Gasteiger partial charge in [0.25, 0.3) is 0 Å². The summed E-state index contributed by atoms with van der Waals surface area (Å²) in [6.45, 7) is 3.26. The van der Waals surface area contributed by atoms with Gasteiger partial charge in [-0.2, -0.15) is 0 Å². The van der Waals surface area contributed by atoms with Gasteiger partial charge in [-0.3, -0.25) is 9.69 Å². The molecule has 0 spiro atoms. The standard InChI is InChI=1S/C20H20BrN5O2/c21-14-2-1-3-15(10-14)25-20-17-11-16(4-5-18(17)22-13-23-20)24-19(27)12-26-6-8-28-9-7-26/h1-5,10-11,13H,6-9,12H2,(H,24,27)(H,22,23,25). The molecule has 144 valence electrons. The number of rotatable bonds is 5. The number of nitrogens with one attached hydrogen (secondary N) is 2. The second kappa shape index (κ2) is 8.64. The molecule has 8 heteroatoms. The average molecular weight is 442 g/mol. The van der Waals surface area contributed by atoms with Crippen LogP contribution in [-0.4, -0.2) is 53.6 Å². The van der Waals surface area contributed by atoms with Gasteiger partial charge in [-0.1, -0.05) is 22.0 Å². The van der Waals surface area contributed by atoms with E-state index in [1.165, 1.54) is 6.33 Å². The number of anilines is 3. The minimum absolute atomic E-state index is 0.0420. The van der Waals surface area contributed by atoms with Gasteiger partial charge in [-0.15, -0.1) is 0 Å². The molecule has 1 fully saturated rings. The molecule has 1 aromatic heterocycles. The fraction of sp³-hybridized carbons (Fsp3) is 0.250. The van der Waals surface area contributed by atoms with Crippen LogP contribution in [0.2, 0.25) is 0 Å². The average Bonchev–Trinajstić information content (AvgIpc) is 2.69. The quantitative estimate of drug-likeness (QED) is 0.631. The van der Waals surface area contributed by atoms with Crippen LogP contribution in [0.4, 0.5) is 17.2 Å². The van der Waals surface area contributed by atoms with E-state index >= 15 is 0 Å². The monoisotopic (exact) mass is 441 g/mol. The fourth-order valence-electron chi connectivity index (χ4n) is 3.10. The maximum Gasteiger partial charge on any atom is 0.238 e. The van der Waals surface area contributed by atoms with Crippen LogP contribution in [0, 0.1) is 0 Å². The van der Waals surface area contributed by atoms with Crippen molar-refractivity contribution in [2.75, 3.05) is 43.5 Å². The van der Waals surface area contributed by atoms with Crippen molar-refractivity contribution in [1.82, 2.24) is 14.9 Å². The van der Waals surface area contributed by atoms with Crippen LogP contribution >= 0.6 is 15.9 Å². The molecular weight excluding hydrogens is 422 g/mol. The Kier molecular flexibility index (Phi) is 5.80. The highest BCUT2D eigenvalue weighted by atomic mass is 79.9. The highest BCUT2D eigenvalue weighted by Gasteiger charge is 2.14. The van der Waals surface area contributed by atoms with Crippen molar-refractivity contribution in [2.24, 2.45) is 0 Å². The van der Waals surface area contributed by atoms with Crippen molar-refractivity contribution >= 4 is 49.9 Å². The maximum absolute atomic E-state index is 12.4. The molecule has 0 unspecified atom stereocenters. The van der Waals surface area contributed by atoms with Crippen molar-refractivity contribution in [2.45, 2.75) is 0 Å². The van der Waals surface area contributed by atoms with Gasteiger partial charge in [0.2, 0.25) is 5.91 Å². The molecule has 1 aliphatic heterocycles. The molecule has 3 aromatic rings. The summed E-state index contributed by atoms with van der Waals surface area (Å²) in [5, 5.41) is 7.13. The minimum Gasteiger partial charge on any atom is -0.379 e. The molecule has 1 aliphatic rings. The van der Waals surface area contributed by atoms with Gasteiger partial charge < -0.3 is 15.4 Å². The molecule has 1 amide bonds. The first-order chi connectivity index (χ1) is 13.7. The summed E-state index contributed by atoms with van der Waals surface area (Å²) in [4.78, 5) is 23.2. The topological polar surface area (TPSA) is 79.4 Å². The van der Waals surface area contributed by atoms with Gasteiger partial charge >= 0.3 is 0 Å². The second-order valence-electron chi connectivity index (χ2n) is 6.53. The smallest absolute Gasteiger partial charge is 0.238 e. The highest BCUT2D eigenvalue weighted by Crippen LogP contribution is 2.26. The number of nitrogens with zero attached hydrogens (tertiary/aromatic N) is 3. The summed E-state index contributed by atoms with van der Waals surface area (Å²) < 4.78 is 6.30. The van der Waals surface area contributed by atoms with Crippen molar-refractivity contribution in [3.05, 3.63) is 53.3 Å². The zero-order valence-corrected chi connectivity index (χ0v) is 16.8. The maximum atomic E-state index is 12.4. The minimum atomic E-state index is -0.0420. The number of carbonyl (C=O) groups is 1. The number of amides is 1. The molecule has 2 heterocycles. The van der Waals surface area contributed by atoms with Crippen molar-refractivity contribution in [1.29, 1.82) is 0 Å². The van der Waals surface area contributed by atoms with Crippen molar-refractivity contribution in [3.63, 3.8) is 0 Å². The zero-order valence-electron chi connectivity index (χ0n) is 15.2. The van der Waals surface area contributed by atoms with Gasteiger partial charge in [0.15, 0.2) is 0 Å². The summed E-state index contributed by atoms with van der Waals surface area (Å²) in [5.41, 5.74) is 2.44. The molecule has 28 heavy (non-hydrogen) atoms. The summed E-state index contributed by atoms with van der Waals surface area (Å²) in [5.74, 6) is 0.645. The van der Waals surface area contributed by atoms with E-state index in [1.807, 2.05) is 42.5 Å². The summed E-state index contributed by atoms with van der Waals surface area (Å²) in [7, 11) is 0. The molecule has 0 saturated carbocycles. The largest absolute Gasteiger partial charge is 0.379 e. The first kappa shape index (κ1) is 18.8. The number of hydrogen-bond donors (Lipinski definition) is 2. The Labute approximate surface area is 171 Å². The number of morpholine rings is 1. The Bertz CT molecular complexity index is 991. The molecule has 2 N–H and O–H groups in total. The van der Waals surface area contributed by atoms with Crippen LogP contribution in [-0.2, 0) is 9.53 Å². The van der Waals surface area contributed by atoms with E-state index in [-0.39, 0.29) is 5.91 Å². The fourth-order valence-corrected chi connectivity index (χ4v) is 3.50. The van der Waals surface area contributed by atoms with Crippen molar-refractivity contribution in [3.8, 4) is 0 Å². The Balaban J connectivity index is 1.53. The van der Waals surface area contributed by atoms with Crippen LogP contribution in [0.25, 0.3) is 10.9 Å². The molecule has 0 radical (unpaired) electrons. The number of aromatic nitrogens is 2. The third-order valence-electron chi connectivity index (χ3n) is 4.48. The third kappa shape index (κ3) is 4.64. The second-order valence-corrected chi connectivity index (χ2v) is 7.44. The summed E-state index contributed by atoms with van der Waals surface area (Å²) in [6, 6.07) is 13.5. The lowest BCUT2D eigenvalue weighted by molar-refractivity contribution is -0.118. The Hall–Kier alpha value is -2.55. The normalized spacial score (nSPS) is 14.8. The number of hydrogen-bond acceptors (Lipinski definition) is 6. The van der Waals surface area contributed by atoms with Crippen LogP contribution in [0.15, 0.2) is 53.3 Å². The van der Waals surface area contributed by atoms with Crippen LogP contribution in [0.5, 0.6) is 0 Å². The molecule has 0 atom stereocenters.